The molecule has 1 saturated heterocycles. The van der Waals surface area contributed by atoms with Crippen molar-refractivity contribution in [2.24, 2.45) is 0 Å². The molecule has 7 nitrogen and oxygen atoms in total. The molecule has 2 heterocycles. The smallest absolute Gasteiger partial charge is 0.101 e. The second kappa shape index (κ2) is 11.7. The van der Waals surface area contributed by atoms with E-state index in [9.17, 15) is 10.4 Å². The van der Waals surface area contributed by atoms with Crippen molar-refractivity contribution in [1.82, 2.24) is 19.6 Å². The van der Waals surface area contributed by atoms with Gasteiger partial charge in [0.05, 0.1) is 29.6 Å². The van der Waals surface area contributed by atoms with E-state index in [1.54, 1.807) is 0 Å². The van der Waals surface area contributed by atoms with Crippen LogP contribution in [0.4, 0.5) is 5.69 Å². The Labute approximate surface area is 215 Å². The fraction of sp³-hybridized carbons (Fsp3) is 0.448. The Hall–Kier alpha value is -3.18. The van der Waals surface area contributed by atoms with E-state index in [0.717, 1.165) is 61.9 Å². The first kappa shape index (κ1) is 25.9. The quantitative estimate of drug-likeness (QED) is 0.498. The van der Waals surface area contributed by atoms with Gasteiger partial charge in [0, 0.05) is 56.1 Å². The summed E-state index contributed by atoms with van der Waals surface area (Å²) < 4.78 is 1.98. The number of β-amino-alcohol motifs (C(OH)–C–C–N with tert-alkyl or cyclic N) is 1. The first-order valence-electron chi connectivity index (χ1n) is 12.9. The van der Waals surface area contributed by atoms with Gasteiger partial charge in [0.2, 0.25) is 0 Å². The molecular weight excluding hydrogens is 448 g/mol. The summed E-state index contributed by atoms with van der Waals surface area (Å²) in [6.07, 6.45) is -0.510. The number of hydrogen-bond acceptors (Lipinski definition) is 6. The summed E-state index contributed by atoms with van der Waals surface area (Å²) >= 11 is 0. The molecule has 3 aromatic rings. The van der Waals surface area contributed by atoms with E-state index < -0.39 is 6.10 Å². The zero-order valence-electron chi connectivity index (χ0n) is 22.0. The number of hydrogen-bond donors (Lipinski definition) is 1. The summed E-state index contributed by atoms with van der Waals surface area (Å²) in [4.78, 5) is 6.86. The average Bonchev–Trinajstić information content (AvgIpc) is 3.19. The van der Waals surface area contributed by atoms with Crippen LogP contribution in [-0.4, -0.2) is 77.1 Å². The molecule has 2 aromatic carbocycles. The largest absolute Gasteiger partial charge is 0.390 e. The van der Waals surface area contributed by atoms with Crippen molar-refractivity contribution in [3.63, 3.8) is 0 Å². The summed E-state index contributed by atoms with van der Waals surface area (Å²) in [6, 6.07) is 18.6. The van der Waals surface area contributed by atoms with Crippen molar-refractivity contribution < 1.29 is 5.11 Å². The van der Waals surface area contributed by atoms with Crippen molar-refractivity contribution in [3.8, 4) is 17.3 Å². The van der Waals surface area contributed by atoms with E-state index in [0.29, 0.717) is 18.7 Å². The highest BCUT2D eigenvalue weighted by molar-refractivity contribution is 5.64. The Kier molecular flexibility index (Phi) is 8.42. The number of nitriles is 1. The Bertz CT molecular complexity index is 1190. The fourth-order valence-corrected chi connectivity index (χ4v) is 4.85. The van der Waals surface area contributed by atoms with E-state index >= 15 is 0 Å². The number of anilines is 1. The third kappa shape index (κ3) is 5.96. The lowest BCUT2D eigenvalue weighted by atomic mass is 10.0. The lowest BCUT2D eigenvalue weighted by Gasteiger charge is -2.37. The zero-order valence-corrected chi connectivity index (χ0v) is 22.0. The van der Waals surface area contributed by atoms with Crippen LogP contribution in [-0.2, 0) is 13.1 Å². The van der Waals surface area contributed by atoms with Crippen molar-refractivity contribution in [1.29, 1.82) is 5.26 Å². The summed E-state index contributed by atoms with van der Waals surface area (Å²) in [5.41, 5.74) is 7.40. The third-order valence-electron chi connectivity index (χ3n) is 7.21. The molecule has 7 heteroatoms. The lowest BCUT2D eigenvalue weighted by molar-refractivity contribution is 0.0915. The maximum Gasteiger partial charge on any atom is 0.101 e. The van der Waals surface area contributed by atoms with Crippen molar-refractivity contribution in [2.75, 3.05) is 51.2 Å². The van der Waals surface area contributed by atoms with E-state index in [1.807, 2.05) is 28.9 Å². The van der Waals surface area contributed by atoms with Crippen LogP contribution in [0.15, 0.2) is 48.5 Å². The van der Waals surface area contributed by atoms with Gasteiger partial charge in [-0.05, 0) is 39.6 Å². The SMILES string of the molecule is CCN(C)Cc1c(-c2ccc(C)cc2)nn(CC(O)CN2CCN(c3ccccc3C#N)CC2)c1C. The Morgan fingerprint density at radius 1 is 1.03 bits per heavy atom. The first-order chi connectivity index (χ1) is 17.4. The van der Waals surface area contributed by atoms with Crippen LogP contribution < -0.4 is 4.90 Å². The van der Waals surface area contributed by atoms with Gasteiger partial charge in [-0.2, -0.15) is 10.4 Å². The normalized spacial score (nSPS) is 15.3. The fourth-order valence-electron chi connectivity index (χ4n) is 4.85. The minimum absolute atomic E-state index is 0.470. The topological polar surface area (TPSA) is 71.6 Å². The highest BCUT2D eigenvalue weighted by Crippen LogP contribution is 2.27. The summed E-state index contributed by atoms with van der Waals surface area (Å²) in [6.45, 7) is 12.6. The van der Waals surface area contributed by atoms with Crippen LogP contribution in [0.5, 0.6) is 0 Å². The van der Waals surface area contributed by atoms with Crippen LogP contribution in [0.2, 0.25) is 0 Å². The van der Waals surface area contributed by atoms with Crippen molar-refractivity contribution in [3.05, 3.63) is 70.9 Å². The predicted octanol–water partition coefficient (Wildman–Crippen LogP) is 3.67. The molecule has 1 fully saturated rings. The molecule has 1 N–H and O–H groups in total. The van der Waals surface area contributed by atoms with Crippen molar-refractivity contribution >= 4 is 5.69 Å². The zero-order chi connectivity index (χ0) is 25.7. The molecular formula is C29H38N6O. The van der Waals surface area contributed by atoms with Gasteiger partial charge in [0.25, 0.3) is 0 Å². The lowest BCUT2D eigenvalue weighted by Crippen LogP contribution is -2.49. The number of benzene rings is 2. The molecule has 1 aromatic heterocycles. The number of aryl methyl sites for hydroxylation is 1. The van der Waals surface area contributed by atoms with Crippen LogP contribution in [0.25, 0.3) is 11.3 Å². The summed E-state index contributed by atoms with van der Waals surface area (Å²) in [5.74, 6) is 0. The van der Waals surface area contributed by atoms with Gasteiger partial charge in [0.15, 0.2) is 0 Å². The molecule has 0 saturated carbocycles. The van der Waals surface area contributed by atoms with E-state index in [-0.39, 0.29) is 0 Å². The molecule has 0 spiro atoms. The summed E-state index contributed by atoms with van der Waals surface area (Å²) in [7, 11) is 2.12. The summed E-state index contributed by atoms with van der Waals surface area (Å²) in [5, 5.41) is 25.4. The van der Waals surface area contributed by atoms with Gasteiger partial charge >= 0.3 is 0 Å². The van der Waals surface area contributed by atoms with Crippen LogP contribution in [0.1, 0.15) is 29.3 Å². The number of aromatic nitrogens is 2. The molecule has 1 aliphatic heterocycles. The third-order valence-corrected chi connectivity index (χ3v) is 7.21. The Morgan fingerprint density at radius 3 is 2.39 bits per heavy atom. The molecule has 36 heavy (non-hydrogen) atoms. The molecule has 0 radical (unpaired) electrons. The maximum atomic E-state index is 11.0. The molecule has 4 rings (SSSR count). The van der Waals surface area contributed by atoms with Gasteiger partial charge in [-0.15, -0.1) is 0 Å². The minimum Gasteiger partial charge on any atom is -0.390 e. The number of nitrogens with zero attached hydrogens (tertiary/aromatic N) is 6. The number of piperazine rings is 1. The number of aliphatic hydroxyl groups excluding tert-OH is 1. The standard InChI is InChI=1S/C29H38N6O/c1-5-32(4)21-27-23(3)35(31-29(27)24-12-10-22(2)11-13-24)20-26(36)19-33-14-16-34(17-15-33)28-9-7-6-8-25(28)18-30/h6-13,26,36H,5,14-17,19-21H2,1-4H3. The van der Waals surface area contributed by atoms with Crippen LogP contribution in [0.3, 0.4) is 0 Å². The Balaban J connectivity index is 1.42. The van der Waals surface area contributed by atoms with Gasteiger partial charge in [0.1, 0.15) is 6.07 Å². The van der Waals surface area contributed by atoms with E-state index in [1.165, 1.54) is 11.1 Å². The molecule has 0 bridgehead atoms. The minimum atomic E-state index is -0.510. The highest BCUT2D eigenvalue weighted by Gasteiger charge is 2.23. The predicted molar refractivity (Wildman–Crippen MR) is 145 cm³/mol. The molecule has 0 amide bonds. The van der Waals surface area contributed by atoms with Gasteiger partial charge in [-0.1, -0.05) is 48.9 Å². The van der Waals surface area contributed by atoms with Gasteiger partial charge < -0.3 is 14.9 Å². The Morgan fingerprint density at radius 2 is 1.72 bits per heavy atom. The molecule has 1 aliphatic rings. The molecule has 190 valence electrons. The average molecular weight is 487 g/mol. The molecule has 1 atom stereocenters. The molecule has 1 unspecified atom stereocenters. The monoisotopic (exact) mass is 486 g/mol. The maximum absolute atomic E-state index is 11.0. The van der Waals surface area contributed by atoms with E-state index in [2.05, 4.69) is 72.9 Å². The van der Waals surface area contributed by atoms with Crippen LogP contribution >= 0.6 is 0 Å². The highest BCUT2D eigenvalue weighted by atomic mass is 16.3. The second-order valence-electron chi connectivity index (χ2n) is 9.86. The van der Waals surface area contributed by atoms with Crippen molar-refractivity contribution in [2.45, 2.75) is 40.0 Å². The number of aliphatic hydroxyl groups is 1. The van der Waals surface area contributed by atoms with Gasteiger partial charge in [-0.25, -0.2) is 0 Å². The molecule has 0 aliphatic carbocycles. The second-order valence-corrected chi connectivity index (χ2v) is 9.86. The number of rotatable bonds is 9. The van der Waals surface area contributed by atoms with Gasteiger partial charge in [-0.3, -0.25) is 9.58 Å². The van der Waals surface area contributed by atoms with E-state index in [4.69, 9.17) is 5.10 Å². The van der Waals surface area contributed by atoms with Crippen LogP contribution in [0, 0.1) is 25.2 Å². The number of para-hydroxylation sites is 1. The first-order valence-corrected chi connectivity index (χ1v) is 12.9.